The largest absolute Gasteiger partial charge is 0.433 e. The Morgan fingerprint density at radius 2 is 2.08 bits per heavy atom. The molecule has 0 aromatic carbocycles. The van der Waals surface area contributed by atoms with Crippen LogP contribution in [0.3, 0.4) is 0 Å². The predicted molar refractivity (Wildman–Crippen MR) is 40.6 cm³/mol. The Balaban J connectivity index is 2.99. The van der Waals surface area contributed by atoms with Crippen molar-refractivity contribution in [2.75, 3.05) is 0 Å². The summed E-state index contributed by atoms with van der Waals surface area (Å²) < 4.78 is 4.41. The number of carbonyl (C=O) groups excluding carboxylic acids is 2. The highest BCUT2D eigenvalue weighted by molar-refractivity contribution is 6.82. The number of hydrogen-bond donors (Lipinski definition) is 0. The van der Waals surface area contributed by atoms with Gasteiger partial charge in [-0.1, -0.05) is 0 Å². The Kier molecular flexibility index (Phi) is 2.43. The maximum atomic E-state index is 10.8. The van der Waals surface area contributed by atoms with Crippen molar-refractivity contribution in [1.29, 1.82) is 0 Å². The van der Waals surface area contributed by atoms with Gasteiger partial charge in [-0.05, 0) is 17.7 Å². The van der Waals surface area contributed by atoms with Crippen molar-refractivity contribution < 1.29 is 18.9 Å². The SMILES string of the molecule is O=C(Cl)C(=O)c1ccc([N+](=O)[O-])o1. The van der Waals surface area contributed by atoms with Gasteiger partial charge in [-0.2, -0.15) is 0 Å². The van der Waals surface area contributed by atoms with E-state index in [1.165, 1.54) is 0 Å². The number of ketones is 1. The number of carbonyl (C=O) groups is 2. The normalized spacial score (nSPS) is 9.62. The van der Waals surface area contributed by atoms with Gasteiger partial charge < -0.3 is 4.42 Å². The quantitative estimate of drug-likeness (QED) is 0.241. The number of Topliss-reactive ketones (excluding diaryl/α,β-unsaturated/α-hetero) is 1. The molecule has 0 aliphatic heterocycles. The monoisotopic (exact) mass is 203 g/mol. The molecule has 1 aromatic rings. The Hall–Kier alpha value is -1.69. The van der Waals surface area contributed by atoms with Crippen LogP contribution in [0.4, 0.5) is 5.88 Å². The fourth-order valence-electron chi connectivity index (χ4n) is 0.645. The third kappa shape index (κ3) is 1.91. The number of rotatable bonds is 3. The molecular weight excluding hydrogens is 202 g/mol. The molecule has 1 heterocycles. The first-order chi connectivity index (χ1) is 6.02. The second kappa shape index (κ2) is 3.36. The fraction of sp³-hybridized carbons (Fsp3) is 0. The third-order valence-electron chi connectivity index (χ3n) is 1.17. The first kappa shape index (κ1) is 9.40. The number of hydrogen-bond acceptors (Lipinski definition) is 5. The van der Waals surface area contributed by atoms with Gasteiger partial charge in [0, 0.05) is 0 Å². The molecule has 1 rings (SSSR count). The molecule has 68 valence electrons. The van der Waals surface area contributed by atoms with E-state index in [0.717, 1.165) is 12.1 Å². The van der Waals surface area contributed by atoms with Crippen LogP contribution in [0.5, 0.6) is 0 Å². The summed E-state index contributed by atoms with van der Waals surface area (Å²) >= 11 is 4.83. The molecule has 0 fully saturated rings. The first-order valence-electron chi connectivity index (χ1n) is 3.00. The molecule has 0 N–H and O–H groups in total. The van der Waals surface area contributed by atoms with Crippen molar-refractivity contribution >= 4 is 28.5 Å². The molecule has 13 heavy (non-hydrogen) atoms. The lowest BCUT2D eigenvalue weighted by atomic mass is 10.3. The van der Waals surface area contributed by atoms with Gasteiger partial charge in [-0.3, -0.25) is 19.7 Å². The van der Waals surface area contributed by atoms with E-state index in [1.807, 2.05) is 0 Å². The van der Waals surface area contributed by atoms with Gasteiger partial charge in [0.15, 0.2) is 5.76 Å². The van der Waals surface area contributed by atoms with Crippen LogP contribution in [0, 0.1) is 10.1 Å². The molecule has 0 aliphatic carbocycles. The minimum absolute atomic E-state index is 0.438. The smallest absolute Gasteiger partial charge is 0.397 e. The second-order valence-electron chi connectivity index (χ2n) is 2.00. The molecule has 6 nitrogen and oxygen atoms in total. The Labute approximate surface area is 76.2 Å². The lowest BCUT2D eigenvalue weighted by molar-refractivity contribution is -0.402. The van der Waals surface area contributed by atoms with Gasteiger partial charge in [0.25, 0.3) is 11.0 Å². The summed E-state index contributed by atoms with van der Waals surface area (Å²) in [7, 11) is 0. The Bertz CT molecular complexity index is 382. The summed E-state index contributed by atoms with van der Waals surface area (Å²) in [5.41, 5.74) is 0. The van der Waals surface area contributed by atoms with Crippen molar-refractivity contribution in [3.63, 3.8) is 0 Å². The lowest BCUT2D eigenvalue weighted by Gasteiger charge is -1.85. The first-order valence-corrected chi connectivity index (χ1v) is 3.38. The number of nitro groups is 1. The Morgan fingerprint density at radius 1 is 1.46 bits per heavy atom. The maximum absolute atomic E-state index is 10.8. The minimum Gasteiger partial charge on any atom is -0.397 e. The van der Waals surface area contributed by atoms with E-state index in [0.29, 0.717) is 0 Å². The highest BCUT2D eigenvalue weighted by Gasteiger charge is 2.21. The fourth-order valence-corrected chi connectivity index (χ4v) is 0.738. The number of halogens is 1. The third-order valence-corrected chi connectivity index (χ3v) is 1.35. The van der Waals surface area contributed by atoms with Gasteiger partial charge in [0.2, 0.25) is 0 Å². The predicted octanol–water partition coefficient (Wildman–Crippen LogP) is 1.14. The summed E-state index contributed by atoms with van der Waals surface area (Å²) in [6.07, 6.45) is 0. The number of furan rings is 1. The summed E-state index contributed by atoms with van der Waals surface area (Å²) in [6.45, 7) is 0. The van der Waals surface area contributed by atoms with E-state index in [-0.39, 0.29) is 0 Å². The van der Waals surface area contributed by atoms with E-state index < -0.39 is 27.6 Å². The summed E-state index contributed by atoms with van der Waals surface area (Å²) in [5, 5.41) is 8.84. The molecular formula is C6H2ClNO5. The van der Waals surface area contributed by atoms with Crippen LogP contribution >= 0.6 is 11.6 Å². The zero-order chi connectivity index (χ0) is 10.0. The lowest BCUT2D eigenvalue weighted by Crippen LogP contribution is -2.05. The van der Waals surface area contributed by atoms with Crippen LogP contribution in [-0.4, -0.2) is 15.9 Å². The molecule has 0 amide bonds. The molecule has 0 bridgehead atoms. The molecule has 0 radical (unpaired) electrons. The van der Waals surface area contributed by atoms with Crippen LogP contribution < -0.4 is 0 Å². The van der Waals surface area contributed by atoms with Gasteiger partial charge in [-0.25, -0.2) is 0 Å². The van der Waals surface area contributed by atoms with Gasteiger partial charge >= 0.3 is 5.88 Å². The van der Waals surface area contributed by atoms with E-state index in [1.54, 1.807) is 0 Å². The van der Waals surface area contributed by atoms with Crippen LogP contribution in [0.2, 0.25) is 0 Å². The van der Waals surface area contributed by atoms with E-state index in [4.69, 9.17) is 11.6 Å². The highest BCUT2D eigenvalue weighted by Crippen LogP contribution is 2.16. The minimum atomic E-state index is -1.25. The van der Waals surface area contributed by atoms with Crippen LogP contribution in [0.1, 0.15) is 10.6 Å². The van der Waals surface area contributed by atoms with Crippen LogP contribution in [-0.2, 0) is 4.79 Å². The van der Waals surface area contributed by atoms with E-state index >= 15 is 0 Å². The number of nitrogens with zero attached hydrogens (tertiary/aromatic N) is 1. The second-order valence-corrected chi connectivity index (χ2v) is 2.34. The Morgan fingerprint density at radius 3 is 2.46 bits per heavy atom. The molecule has 0 aliphatic rings. The standard InChI is InChI=1S/C6H2ClNO5/c7-6(10)5(9)3-1-2-4(13-3)8(11)12/h1-2H. The molecule has 0 unspecified atom stereocenters. The zero-order valence-electron chi connectivity index (χ0n) is 6.02. The topological polar surface area (TPSA) is 90.4 Å². The average molecular weight is 204 g/mol. The maximum Gasteiger partial charge on any atom is 0.433 e. The van der Waals surface area contributed by atoms with Gasteiger partial charge in [0.1, 0.15) is 4.92 Å². The van der Waals surface area contributed by atoms with Crippen LogP contribution in [0.15, 0.2) is 16.5 Å². The van der Waals surface area contributed by atoms with Crippen molar-refractivity contribution in [2.24, 2.45) is 0 Å². The molecule has 0 spiro atoms. The van der Waals surface area contributed by atoms with Crippen molar-refractivity contribution in [3.05, 3.63) is 28.0 Å². The summed E-state index contributed by atoms with van der Waals surface area (Å²) in [4.78, 5) is 30.4. The van der Waals surface area contributed by atoms with Crippen molar-refractivity contribution in [3.8, 4) is 0 Å². The van der Waals surface area contributed by atoms with Crippen LogP contribution in [0.25, 0.3) is 0 Å². The average Bonchev–Trinajstić information content (AvgIpc) is 2.50. The molecule has 7 heteroatoms. The summed E-state index contributed by atoms with van der Waals surface area (Å²) in [5.74, 6) is -2.15. The van der Waals surface area contributed by atoms with E-state index in [9.17, 15) is 19.7 Å². The summed E-state index contributed by atoms with van der Waals surface area (Å²) in [6, 6.07) is 1.98. The van der Waals surface area contributed by atoms with Gasteiger partial charge in [-0.15, -0.1) is 0 Å². The molecule has 0 saturated heterocycles. The van der Waals surface area contributed by atoms with E-state index in [2.05, 4.69) is 4.42 Å². The van der Waals surface area contributed by atoms with Crippen molar-refractivity contribution in [1.82, 2.24) is 0 Å². The molecule has 0 saturated carbocycles. The molecule has 1 aromatic heterocycles. The zero-order valence-corrected chi connectivity index (χ0v) is 6.78. The molecule has 0 atom stereocenters. The highest BCUT2D eigenvalue weighted by atomic mass is 35.5. The van der Waals surface area contributed by atoms with Crippen molar-refractivity contribution in [2.45, 2.75) is 0 Å². The van der Waals surface area contributed by atoms with Gasteiger partial charge in [0.05, 0.1) is 6.07 Å².